The van der Waals surface area contributed by atoms with Crippen molar-refractivity contribution in [1.29, 1.82) is 0 Å². The number of aliphatic hydroxyl groups is 1. The molecule has 0 amide bonds. The largest absolute Gasteiger partial charge is 0.383 e. The maximum atomic E-state index is 10.1. The minimum absolute atomic E-state index is 0.643. The first kappa shape index (κ1) is 8.51. The Morgan fingerprint density at radius 3 is 2.92 bits per heavy atom. The van der Waals surface area contributed by atoms with Crippen molar-refractivity contribution in [1.82, 2.24) is 5.32 Å². The second-order valence-corrected chi connectivity index (χ2v) is 4.78. The van der Waals surface area contributed by atoms with Crippen molar-refractivity contribution in [2.45, 2.75) is 12.0 Å². The molecule has 1 unspecified atom stereocenters. The van der Waals surface area contributed by atoms with Crippen LogP contribution in [0.4, 0.5) is 0 Å². The molecule has 0 aliphatic carbocycles. The van der Waals surface area contributed by atoms with Crippen LogP contribution < -0.4 is 5.32 Å². The molecule has 2 nitrogen and oxygen atoms in total. The van der Waals surface area contributed by atoms with Crippen molar-refractivity contribution in [2.75, 3.05) is 13.1 Å². The van der Waals surface area contributed by atoms with Crippen LogP contribution in [0.3, 0.4) is 0 Å². The lowest BCUT2D eigenvalue weighted by Crippen LogP contribution is -2.26. The van der Waals surface area contributed by atoms with E-state index in [0.29, 0.717) is 6.54 Å². The summed E-state index contributed by atoms with van der Waals surface area (Å²) in [4.78, 5) is 0.970. The molecule has 1 saturated heterocycles. The average molecular weight is 204 g/mol. The molecule has 0 saturated carbocycles. The van der Waals surface area contributed by atoms with Crippen molar-refractivity contribution in [2.24, 2.45) is 0 Å². The van der Waals surface area contributed by atoms with Crippen LogP contribution in [0.1, 0.15) is 11.3 Å². The number of nitrogens with one attached hydrogen (secondary N) is 1. The fourth-order valence-electron chi connectivity index (χ4n) is 1.45. The molecule has 1 fully saturated rings. The maximum Gasteiger partial charge on any atom is 0.112 e. The molecule has 0 spiro atoms. The number of thiophene rings is 1. The summed E-state index contributed by atoms with van der Waals surface area (Å²) in [6, 6.07) is 3.73. The van der Waals surface area contributed by atoms with Gasteiger partial charge >= 0.3 is 0 Å². The molecule has 2 rings (SSSR count). The minimum Gasteiger partial charge on any atom is -0.383 e. The number of rotatable bonds is 1. The van der Waals surface area contributed by atoms with E-state index in [4.69, 9.17) is 11.6 Å². The van der Waals surface area contributed by atoms with Crippen LogP contribution in [0.2, 0.25) is 4.34 Å². The molecule has 66 valence electrons. The zero-order chi connectivity index (χ0) is 8.60. The van der Waals surface area contributed by atoms with Crippen molar-refractivity contribution in [3.63, 3.8) is 0 Å². The first-order valence-electron chi connectivity index (χ1n) is 3.90. The Morgan fingerprint density at radius 1 is 1.58 bits per heavy atom. The Bertz CT molecular complexity index is 280. The molecular weight excluding hydrogens is 194 g/mol. The van der Waals surface area contributed by atoms with Gasteiger partial charge in [-0.05, 0) is 25.1 Å². The van der Waals surface area contributed by atoms with E-state index in [1.54, 1.807) is 0 Å². The van der Waals surface area contributed by atoms with E-state index in [-0.39, 0.29) is 0 Å². The van der Waals surface area contributed by atoms with Gasteiger partial charge in [-0.2, -0.15) is 0 Å². The molecule has 12 heavy (non-hydrogen) atoms. The maximum absolute atomic E-state index is 10.1. The van der Waals surface area contributed by atoms with Gasteiger partial charge in [0, 0.05) is 11.4 Å². The van der Waals surface area contributed by atoms with Gasteiger partial charge in [-0.25, -0.2) is 0 Å². The summed E-state index contributed by atoms with van der Waals surface area (Å²) in [6.07, 6.45) is 0.782. The molecule has 1 aliphatic rings. The molecule has 1 aromatic rings. The van der Waals surface area contributed by atoms with Crippen LogP contribution in [-0.4, -0.2) is 18.2 Å². The van der Waals surface area contributed by atoms with Gasteiger partial charge < -0.3 is 10.4 Å². The lowest BCUT2D eigenvalue weighted by Gasteiger charge is -2.18. The van der Waals surface area contributed by atoms with Gasteiger partial charge in [0.15, 0.2) is 0 Å². The predicted molar refractivity (Wildman–Crippen MR) is 50.7 cm³/mol. The third kappa shape index (κ3) is 1.38. The van der Waals surface area contributed by atoms with Gasteiger partial charge in [-0.3, -0.25) is 0 Å². The first-order chi connectivity index (χ1) is 5.71. The highest BCUT2D eigenvalue weighted by molar-refractivity contribution is 7.16. The molecular formula is C8H10ClNOS. The average Bonchev–Trinajstić information content (AvgIpc) is 2.59. The molecule has 0 radical (unpaired) electrons. The second-order valence-electron chi connectivity index (χ2n) is 3.06. The lowest BCUT2D eigenvalue weighted by molar-refractivity contribution is 0.0626. The van der Waals surface area contributed by atoms with E-state index in [9.17, 15) is 5.11 Å². The highest BCUT2D eigenvalue weighted by Gasteiger charge is 2.34. The Morgan fingerprint density at radius 2 is 2.42 bits per heavy atom. The molecule has 0 aromatic carbocycles. The predicted octanol–water partition coefficient (Wildman–Crippen LogP) is 1.58. The minimum atomic E-state index is -0.669. The summed E-state index contributed by atoms with van der Waals surface area (Å²) in [7, 11) is 0. The summed E-state index contributed by atoms with van der Waals surface area (Å²) in [5, 5.41) is 13.2. The standard InChI is InChI=1S/C8H10ClNOS/c9-7-2-1-6(12-7)8(11)3-4-10-5-8/h1-2,10-11H,3-5H2. The lowest BCUT2D eigenvalue weighted by atomic mass is 10.0. The quantitative estimate of drug-likeness (QED) is 0.727. The van der Waals surface area contributed by atoms with Gasteiger partial charge in [-0.1, -0.05) is 11.6 Å². The molecule has 2 heterocycles. The van der Waals surface area contributed by atoms with Crippen molar-refractivity contribution in [3.8, 4) is 0 Å². The molecule has 0 bridgehead atoms. The van der Waals surface area contributed by atoms with Crippen molar-refractivity contribution >= 4 is 22.9 Å². The van der Waals surface area contributed by atoms with Gasteiger partial charge in [-0.15, -0.1) is 11.3 Å². The van der Waals surface area contributed by atoms with Crippen molar-refractivity contribution in [3.05, 3.63) is 21.3 Å². The molecule has 1 aliphatic heterocycles. The SMILES string of the molecule is OC1(c2ccc(Cl)s2)CCNC1. The van der Waals surface area contributed by atoms with E-state index in [1.807, 2.05) is 12.1 Å². The van der Waals surface area contributed by atoms with Gasteiger partial charge in [0.25, 0.3) is 0 Å². The molecule has 2 N–H and O–H groups in total. The van der Waals surface area contributed by atoms with Crippen LogP contribution in [0, 0.1) is 0 Å². The van der Waals surface area contributed by atoms with Gasteiger partial charge in [0.1, 0.15) is 5.60 Å². The second kappa shape index (κ2) is 3.00. The van der Waals surface area contributed by atoms with E-state index in [0.717, 1.165) is 22.2 Å². The van der Waals surface area contributed by atoms with Gasteiger partial charge in [0.05, 0.1) is 4.34 Å². The summed E-state index contributed by atoms with van der Waals surface area (Å²) in [5.41, 5.74) is -0.669. The van der Waals surface area contributed by atoms with Crippen LogP contribution in [-0.2, 0) is 5.60 Å². The van der Waals surface area contributed by atoms with E-state index < -0.39 is 5.60 Å². The molecule has 4 heteroatoms. The van der Waals surface area contributed by atoms with E-state index in [1.165, 1.54) is 11.3 Å². The summed E-state index contributed by atoms with van der Waals surface area (Å²) in [5.74, 6) is 0. The fraction of sp³-hybridized carbons (Fsp3) is 0.500. The monoisotopic (exact) mass is 203 g/mol. The first-order valence-corrected chi connectivity index (χ1v) is 5.09. The molecule has 1 aromatic heterocycles. The number of halogens is 1. The normalized spacial score (nSPS) is 29.5. The summed E-state index contributed by atoms with van der Waals surface area (Å²) < 4.78 is 0.741. The number of β-amino-alcohol motifs (C(OH)–C–C–N with tert-alkyl or cyclic N) is 1. The number of hydrogen-bond donors (Lipinski definition) is 2. The Hall–Kier alpha value is -0.0900. The topological polar surface area (TPSA) is 32.3 Å². The van der Waals surface area contributed by atoms with Crippen LogP contribution in [0.15, 0.2) is 12.1 Å². The van der Waals surface area contributed by atoms with Crippen LogP contribution in [0.25, 0.3) is 0 Å². The number of hydrogen-bond acceptors (Lipinski definition) is 3. The summed E-state index contributed by atoms with van der Waals surface area (Å²) >= 11 is 7.25. The smallest absolute Gasteiger partial charge is 0.112 e. The van der Waals surface area contributed by atoms with Crippen LogP contribution >= 0.6 is 22.9 Å². The third-order valence-electron chi connectivity index (χ3n) is 2.16. The zero-order valence-electron chi connectivity index (χ0n) is 6.51. The third-order valence-corrected chi connectivity index (χ3v) is 3.59. The highest BCUT2D eigenvalue weighted by Crippen LogP contribution is 2.34. The summed E-state index contributed by atoms with van der Waals surface area (Å²) in [6.45, 7) is 1.52. The molecule has 1 atom stereocenters. The Kier molecular flexibility index (Phi) is 2.12. The van der Waals surface area contributed by atoms with Crippen LogP contribution in [0.5, 0.6) is 0 Å². The van der Waals surface area contributed by atoms with E-state index >= 15 is 0 Å². The van der Waals surface area contributed by atoms with Gasteiger partial charge in [0.2, 0.25) is 0 Å². The van der Waals surface area contributed by atoms with Crippen molar-refractivity contribution < 1.29 is 5.11 Å². The zero-order valence-corrected chi connectivity index (χ0v) is 8.08. The highest BCUT2D eigenvalue weighted by atomic mass is 35.5. The van der Waals surface area contributed by atoms with E-state index in [2.05, 4.69) is 5.32 Å². The Balaban J connectivity index is 2.28. The fourth-order valence-corrected chi connectivity index (χ4v) is 2.61. The Labute approximate surface area is 80.2 Å².